The van der Waals surface area contributed by atoms with Crippen LogP contribution in [0.3, 0.4) is 0 Å². The number of anilines is 1. The van der Waals surface area contributed by atoms with E-state index in [9.17, 15) is 0 Å². The Morgan fingerprint density at radius 1 is 1.12 bits per heavy atom. The van der Waals surface area contributed by atoms with Gasteiger partial charge in [-0.15, -0.1) is 0 Å². The van der Waals surface area contributed by atoms with Crippen LogP contribution >= 0.6 is 11.6 Å². The van der Waals surface area contributed by atoms with Crippen LogP contribution in [-0.2, 0) is 6.42 Å². The van der Waals surface area contributed by atoms with E-state index in [0.717, 1.165) is 18.7 Å². The molecule has 0 amide bonds. The van der Waals surface area contributed by atoms with Gasteiger partial charge in [-0.3, -0.25) is 4.98 Å². The number of halogens is 1. The van der Waals surface area contributed by atoms with E-state index in [2.05, 4.69) is 15.3 Å². The molecule has 0 fully saturated rings. The first kappa shape index (κ1) is 10.9. The van der Waals surface area contributed by atoms with Gasteiger partial charge in [0, 0.05) is 30.8 Å². The van der Waals surface area contributed by atoms with Crippen LogP contribution in [-0.4, -0.2) is 16.5 Å². The van der Waals surface area contributed by atoms with Crippen LogP contribution in [0, 0.1) is 0 Å². The maximum Gasteiger partial charge on any atom is 0.131 e. The summed E-state index contributed by atoms with van der Waals surface area (Å²) < 4.78 is 0. The Hall–Kier alpha value is -1.61. The summed E-state index contributed by atoms with van der Waals surface area (Å²) in [7, 11) is 0. The first-order chi connectivity index (χ1) is 7.84. The standard InChI is InChI=1S/C12H12ClN3/c13-12-9-11(4-8-16-12)15-7-3-10-1-5-14-6-2-10/h1-2,4-6,8-9H,3,7H2,(H,15,16). The lowest BCUT2D eigenvalue weighted by atomic mass is 10.2. The normalized spacial score (nSPS) is 10.1. The van der Waals surface area contributed by atoms with Gasteiger partial charge in [-0.25, -0.2) is 4.98 Å². The van der Waals surface area contributed by atoms with Crippen LogP contribution in [0.1, 0.15) is 5.56 Å². The minimum absolute atomic E-state index is 0.508. The first-order valence-electron chi connectivity index (χ1n) is 5.09. The molecule has 0 aliphatic heterocycles. The van der Waals surface area contributed by atoms with E-state index < -0.39 is 0 Å². The first-order valence-corrected chi connectivity index (χ1v) is 5.47. The largest absolute Gasteiger partial charge is 0.385 e. The van der Waals surface area contributed by atoms with Gasteiger partial charge in [0.1, 0.15) is 5.15 Å². The second-order valence-electron chi connectivity index (χ2n) is 3.40. The Bertz CT molecular complexity index is 445. The molecule has 2 aromatic rings. The van der Waals surface area contributed by atoms with Crippen molar-refractivity contribution in [2.45, 2.75) is 6.42 Å². The summed E-state index contributed by atoms with van der Waals surface area (Å²) in [4.78, 5) is 7.90. The molecule has 2 rings (SSSR count). The van der Waals surface area contributed by atoms with Gasteiger partial charge in [0.25, 0.3) is 0 Å². The number of hydrogen-bond acceptors (Lipinski definition) is 3. The van der Waals surface area contributed by atoms with Crippen molar-refractivity contribution in [2.75, 3.05) is 11.9 Å². The third kappa shape index (κ3) is 3.21. The summed E-state index contributed by atoms with van der Waals surface area (Å²) >= 11 is 5.78. The molecule has 0 bridgehead atoms. The highest BCUT2D eigenvalue weighted by Crippen LogP contribution is 2.11. The van der Waals surface area contributed by atoms with Crippen molar-refractivity contribution in [3.05, 3.63) is 53.6 Å². The minimum Gasteiger partial charge on any atom is -0.385 e. The zero-order valence-electron chi connectivity index (χ0n) is 8.73. The fourth-order valence-electron chi connectivity index (χ4n) is 1.41. The van der Waals surface area contributed by atoms with Gasteiger partial charge < -0.3 is 5.32 Å². The zero-order valence-corrected chi connectivity index (χ0v) is 9.48. The lowest BCUT2D eigenvalue weighted by molar-refractivity contribution is 1.01. The van der Waals surface area contributed by atoms with Crippen molar-refractivity contribution < 1.29 is 0 Å². The van der Waals surface area contributed by atoms with E-state index in [1.54, 1.807) is 18.6 Å². The Morgan fingerprint density at radius 3 is 2.69 bits per heavy atom. The van der Waals surface area contributed by atoms with E-state index >= 15 is 0 Å². The summed E-state index contributed by atoms with van der Waals surface area (Å²) in [6, 6.07) is 7.74. The lowest BCUT2D eigenvalue weighted by Gasteiger charge is -2.06. The second-order valence-corrected chi connectivity index (χ2v) is 3.79. The van der Waals surface area contributed by atoms with Gasteiger partial charge >= 0.3 is 0 Å². The molecule has 3 nitrogen and oxygen atoms in total. The molecule has 0 aliphatic carbocycles. The Labute approximate surface area is 99.5 Å². The number of hydrogen-bond donors (Lipinski definition) is 1. The molecular formula is C12H12ClN3. The number of rotatable bonds is 4. The van der Waals surface area contributed by atoms with E-state index in [1.165, 1.54) is 5.56 Å². The summed E-state index contributed by atoms with van der Waals surface area (Å²) in [6.07, 6.45) is 6.26. The monoisotopic (exact) mass is 233 g/mol. The molecule has 0 saturated heterocycles. The summed E-state index contributed by atoms with van der Waals surface area (Å²) in [5.74, 6) is 0. The van der Waals surface area contributed by atoms with Crippen molar-refractivity contribution in [2.24, 2.45) is 0 Å². The molecule has 0 radical (unpaired) electrons. The number of nitrogens with zero attached hydrogens (tertiary/aromatic N) is 2. The van der Waals surface area contributed by atoms with Gasteiger partial charge in [-0.05, 0) is 36.2 Å². The van der Waals surface area contributed by atoms with Gasteiger partial charge in [-0.2, -0.15) is 0 Å². The molecule has 0 spiro atoms. The molecule has 2 heterocycles. The fraction of sp³-hybridized carbons (Fsp3) is 0.167. The van der Waals surface area contributed by atoms with Crippen LogP contribution in [0.15, 0.2) is 42.9 Å². The maximum atomic E-state index is 5.78. The Morgan fingerprint density at radius 2 is 1.94 bits per heavy atom. The van der Waals surface area contributed by atoms with E-state index in [0.29, 0.717) is 5.15 Å². The second kappa shape index (κ2) is 5.47. The van der Waals surface area contributed by atoms with Crippen LogP contribution in [0.5, 0.6) is 0 Å². The van der Waals surface area contributed by atoms with Gasteiger partial charge in [-0.1, -0.05) is 11.6 Å². The molecule has 0 aliphatic rings. The summed E-state index contributed by atoms with van der Waals surface area (Å²) in [5.41, 5.74) is 2.26. The molecule has 0 aromatic carbocycles. The van der Waals surface area contributed by atoms with Gasteiger partial charge in [0.15, 0.2) is 0 Å². The molecule has 82 valence electrons. The zero-order chi connectivity index (χ0) is 11.2. The number of nitrogens with one attached hydrogen (secondary N) is 1. The molecule has 0 saturated carbocycles. The molecule has 0 unspecified atom stereocenters. The molecular weight excluding hydrogens is 222 g/mol. The number of pyridine rings is 2. The summed E-state index contributed by atoms with van der Waals surface area (Å²) in [5, 5.41) is 3.80. The highest BCUT2D eigenvalue weighted by molar-refractivity contribution is 6.29. The van der Waals surface area contributed by atoms with Gasteiger partial charge in [0.2, 0.25) is 0 Å². The van der Waals surface area contributed by atoms with Crippen LogP contribution in [0.25, 0.3) is 0 Å². The van der Waals surface area contributed by atoms with E-state index in [4.69, 9.17) is 11.6 Å². The quantitative estimate of drug-likeness (QED) is 0.826. The van der Waals surface area contributed by atoms with Crippen molar-refractivity contribution in [3.63, 3.8) is 0 Å². The van der Waals surface area contributed by atoms with Crippen molar-refractivity contribution in [1.82, 2.24) is 9.97 Å². The predicted octanol–water partition coefficient (Wildman–Crippen LogP) is 2.78. The highest BCUT2D eigenvalue weighted by atomic mass is 35.5. The smallest absolute Gasteiger partial charge is 0.131 e. The molecule has 2 aromatic heterocycles. The average Bonchev–Trinajstić information content (AvgIpc) is 2.30. The van der Waals surface area contributed by atoms with Gasteiger partial charge in [0.05, 0.1) is 0 Å². The molecule has 4 heteroatoms. The van der Waals surface area contributed by atoms with E-state index in [-0.39, 0.29) is 0 Å². The number of aromatic nitrogens is 2. The van der Waals surface area contributed by atoms with Crippen LogP contribution in [0.4, 0.5) is 5.69 Å². The Balaban J connectivity index is 1.85. The van der Waals surface area contributed by atoms with Crippen molar-refractivity contribution in [3.8, 4) is 0 Å². The predicted molar refractivity (Wildman–Crippen MR) is 65.7 cm³/mol. The SMILES string of the molecule is Clc1cc(NCCc2ccncc2)ccn1. The van der Waals surface area contributed by atoms with E-state index in [1.807, 2.05) is 24.3 Å². The maximum absolute atomic E-state index is 5.78. The molecule has 1 N–H and O–H groups in total. The molecule has 16 heavy (non-hydrogen) atoms. The summed E-state index contributed by atoms with van der Waals surface area (Å²) in [6.45, 7) is 0.865. The average molecular weight is 234 g/mol. The van der Waals surface area contributed by atoms with Crippen molar-refractivity contribution >= 4 is 17.3 Å². The lowest BCUT2D eigenvalue weighted by Crippen LogP contribution is -2.04. The highest BCUT2D eigenvalue weighted by Gasteiger charge is 1.95. The van der Waals surface area contributed by atoms with Crippen LogP contribution < -0.4 is 5.32 Å². The Kier molecular flexibility index (Phi) is 3.72. The van der Waals surface area contributed by atoms with Crippen molar-refractivity contribution in [1.29, 1.82) is 0 Å². The third-order valence-electron chi connectivity index (χ3n) is 2.22. The topological polar surface area (TPSA) is 37.8 Å². The minimum atomic E-state index is 0.508. The fourth-order valence-corrected chi connectivity index (χ4v) is 1.59. The van der Waals surface area contributed by atoms with Crippen LogP contribution in [0.2, 0.25) is 5.15 Å². The molecule has 0 atom stereocenters. The third-order valence-corrected chi connectivity index (χ3v) is 2.43.